The molecule has 0 atom stereocenters. The highest BCUT2D eigenvalue weighted by atomic mass is 16.5. The van der Waals surface area contributed by atoms with Gasteiger partial charge in [-0.1, -0.05) is 24.4 Å². The summed E-state index contributed by atoms with van der Waals surface area (Å²) in [5.41, 5.74) is 11.0. The number of rotatable bonds is 5. The second-order valence-electron chi connectivity index (χ2n) is 3.50. The molecule has 0 heterocycles. The lowest BCUT2D eigenvalue weighted by atomic mass is 10.1. The number of hydrogen-bond donors (Lipinski definition) is 2. The standard InChI is InChI=1S/C13H17NO2/c1-3-12(16-2)7-5-10-4-6-11(9-15)13(14)8-10/h4,6,8,15H,1,5,7,9,14H2,2H3. The second-order valence-corrected chi connectivity index (χ2v) is 3.50. The molecule has 0 saturated heterocycles. The van der Waals surface area contributed by atoms with Crippen molar-refractivity contribution in [2.45, 2.75) is 19.4 Å². The highest BCUT2D eigenvalue weighted by molar-refractivity contribution is 5.48. The molecule has 0 aromatic heterocycles. The summed E-state index contributed by atoms with van der Waals surface area (Å²) in [4.78, 5) is 0. The van der Waals surface area contributed by atoms with Crippen molar-refractivity contribution < 1.29 is 9.84 Å². The van der Waals surface area contributed by atoms with E-state index in [1.54, 1.807) is 7.11 Å². The Labute approximate surface area is 95.9 Å². The van der Waals surface area contributed by atoms with Crippen LogP contribution in [0.3, 0.4) is 0 Å². The van der Waals surface area contributed by atoms with Gasteiger partial charge in [0.25, 0.3) is 0 Å². The van der Waals surface area contributed by atoms with Gasteiger partial charge < -0.3 is 15.6 Å². The third kappa shape index (κ3) is 3.16. The van der Waals surface area contributed by atoms with Crippen LogP contribution in [0.2, 0.25) is 0 Å². The molecule has 3 N–H and O–H groups in total. The van der Waals surface area contributed by atoms with Crippen LogP contribution >= 0.6 is 0 Å². The Balaban J connectivity index is 2.68. The first-order valence-electron chi connectivity index (χ1n) is 5.12. The Kier molecular flexibility index (Phi) is 4.65. The predicted molar refractivity (Wildman–Crippen MR) is 64.8 cm³/mol. The molecule has 0 radical (unpaired) electrons. The molecule has 0 fully saturated rings. The summed E-state index contributed by atoms with van der Waals surface area (Å²) in [6.45, 7) is 3.52. The topological polar surface area (TPSA) is 55.5 Å². The Morgan fingerprint density at radius 1 is 1.56 bits per heavy atom. The first-order chi connectivity index (χ1) is 7.71. The maximum Gasteiger partial charge on any atom is 0.137 e. The molecule has 0 aliphatic carbocycles. The van der Waals surface area contributed by atoms with E-state index in [1.165, 1.54) is 0 Å². The van der Waals surface area contributed by atoms with E-state index in [0.717, 1.165) is 29.7 Å². The number of allylic oxidation sites excluding steroid dienone is 1. The summed E-state index contributed by atoms with van der Waals surface area (Å²) in [6, 6.07) is 5.68. The molecule has 0 saturated carbocycles. The summed E-state index contributed by atoms with van der Waals surface area (Å²) >= 11 is 0. The van der Waals surface area contributed by atoms with Crippen LogP contribution in [0, 0.1) is 0 Å². The molecule has 3 heteroatoms. The van der Waals surface area contributed by atoms with E-state index < -0.39 is 0 Å². The van der Waals surface area contributed by atoms with E-state index in [4.69, 9.17) is 15.6 Å². The zero-order chi connectivity index (χ0) is 12.0. The smallest absolute Gasteiger partial charge is 0.137 e. The van der Waals surface area contributed by atoms with Crippen molar-refractivity contribution in [1.82, 2.24) is 0 Å². The molecule has 1 aromatic rings. The van der Waals surface area contributed by atoms with E-state index in [1.807, 2.05) is 18.2 Å². The number of hydrogen-bond acceptors (Lipinski definition) is 3. The van der Waals surface area contributed by atoms with Crippen molar-refractivity contribution in [3.05, 3.63) is 47.4 Å². The number of aliphatic hydroxyl groups is 1. The maximum absolute atomic E-state index is 8.98. The van der Waals surface area contributed by atoms with Crippen molar-refractivity contribution in [2.75, 3.05) is 12.8 Å². The molecule has 16 heavy (non-hydrogen) atoms. The van der Waals surface area contributed by atoms with Gasteiger partial charge >= 0.3 is 0 Å². The van der Waals surface area contributed by atoms with E-state index >= 15 is 0 Å². The Morgan fingerprint density at radius 3 is 2.81 bits per heavy atom. The lowest BCUT2D eigenvalue weighted by Crippen LogP contribution is -1.97. The van der Waals surface area contributed by atoms with Crippen molar-refractivity contribution in [1.29, 1.82) is 0 Å². The van der Waals surface area contributed by atoms with Crippen molar-refractivity contribution in [2.24, 2.45) is 0 Å². The second kappa shape index (κ2) is 6.01. The molecule has 0 aliphatic heterocycles. The Hall–Kier alpha value is -1.70. The maximum atomic E-state index is 8.98. The number of anilines is 1. The van der Waals surface area contributed by atoms with Gasteiger partial charge in [0, 0.05) is 17.7 Å². The van der Waals surface area contributed by atoms with Crippen LogP contribution in [0.1, 0.15) is 17.5 Å². The largest absolute Gasteiger partial charge is 0.493 e. The van der Waals surface area contributed by atoms with Crippen LogP contribution in [0.4, 0.5) is 5.69 Å². The lowest BCUT2D eigenvalue weighted by molar-refractivity contribution is 0.278. The fraction of sp³-hybridized carbons (Fsp3) is 0.308. The molecule has 1 rings (SSSR count). The summed E-state index contributed by atoms with van der Waals surface area (Å²) in [6.07, 6.45) is 1.57. The van der Waals surface area contributed by atoms with Crippen LogP contribution in [-0.4, -0.2) is 12.2 Å². The fourth-order valence-corrected chi connectivity index (χ4v) is 1.46. The summed E-state index contributed by atoms with van der Waals surface area (Å²) < 4.78 is 5.07. The number of benzene rings is 1. The summed E-state index contributed by atoms with van der Waals surface area (Å²) in [5, 5.41) is 8.98. The number of nitrogen functional groups attached to an aromatic ring is 1. The molecule has 0 bridgehead atoms. The van der Waals surface area contributed by atoms with Crippen molar-refractivity contribution in [3.63, 3.8) is 0 Å². The highest BCUT2D eigenvalue weighted by Crippen LogP contribution is 2.16. The Bertz CT molecular complexity index is 406. The van der Waals surface area contributed by atoms with Crippen molar-refractivity contribution in [3.8, 4) is 0 Å². The van der Waals surface area contributed by atoms with Crippen LogP contribution in [-0.2, 0) is 17.8 Å². The van der Waals surface area contributed by atoms with Gasteiger partial charge in [-0.05, 0) is 18.1 Å². The van der Waals surface area contributed by atoms with E-state index in [-0.39, 0.29) is 6.61 Å². The molecule has 86 valence electrons. The van der Waals surface area contributed by atoms with Gasteiger partial charge in [-0.2, -0.15) is 0 Å². The molecule has 1 aromatic carbocycles. The Morgan fingerprint density at radius 2 is 2.31 bits per heavy atom. The third-order valence-electron chi connectivity index (χ3n) is 2.46. The number of ether oxygens (including phenoxy) is 1. The first-order valence-corrected chi connectivity index (χ1v) is 5.12. The monoisotopic (exact) mass is 219 g/mol. The number of methoxy groups -OCH3 is 1. The molecular weight excluding hydrogens is 202 g/mol. The highest BCUT2D eigenvalue weighted by Gasteiger charge is 2.01. The minimum Gasteiger partial charge on any atom is -0.493 e. The average Bonchev–Trinajstić information content (AvgIpc) is 2.30. The molecular formula is C13H17NO2. The van der Waals surface area contributed by atoms with E-state index in [0.29, 0.717) is 5.69 Å². The fourth-order valence-electron chi connectivity index (χ4n) is 1.46. The predicted octanol–water partition coefficient (Wildman–Crippen LogP) is 2.01. The molecule has 0 aliphatic rings. The summed E-state index contributed by atoms with van der Waals surface area (Å²) in [7, 11) is 1.61. The van der Waals surface area contributed by atoms with Gasteiger partial charge in [-0.3, -0.25) is 0 Å². The average molecular weight is 219 g/mol. The van der Waals surface area contributed by atoms with E-state index in [9.17, 15) is 0 Å². The van der Waals surface area contributed by atoms with Crippen LogP contribution in [0.25, 0.3) is 0 Å². The number of aliphatic hydroxyl groups excluding tert-OH is 1. The van der Waals surface area contributed by atoms with Crippen molar-refractivity contribution >= 4 is 5.69 Å². The minimum absolute atomic E-state index is 0.0258. The molecule has 3 nitrogen and oxygen atoms in total. The minimum atomic E-state index is -0.0258. The van der Waals surface area contributed by atoms with Crippen LogP contribution in [0.15, 0.2) is 36.3 Å². The van der Waals surface area contributed by atoms with Gasteiger partial charge in [-0.25, -0.2) is 0 Å². The summed E-state index contributed by atoms with van der Waals surface area (Å²) in [5.74, 6) is 0.741. The first kappa shape index (κ1) is 12.4. The zero-order valence-electron chi connectivity index (χ0n) is 9.49. The number of nitrogens with two attached hydrogens (primary N) is 1. The van der Waals surface area contributed by atoms with Gasteiger partial charge in [-0.15, -0.1) is 0 Å². The zero-order valence-corrected chi connectivity index (χ0v) is 9.49. The van der Waals surface area contributed by atoms with Gasteiger partial charge in [0.05, 0.1) is 13.7 Å². The van der Waals surface area contributed by atoms with Gasteiger partial charge in [0.15, 0.2) is 0 Å². The van der Waals surface area contributed by atoms with E-state index in [2.05, 4.69) is 12.3 Å². The molecule has 0 spiro atoms. The lowest BCUT2D eigenvalue weighted by Gasteiger charge is -2.07. The van der Waals surface area contributed by atoms with Crippen LogP contribution in [0.5, 0.6) is 0 Å². The number of aryl methyl sites for hydroxylation is 1. The quantitative estimate of drug-likeness (QED) is 0.452. The SMILES string of the molecule is C=C=C(CCc1ccc(CO)c(N)c1)OC. The molecule has 0 amide bonds. The third-order valence-corrected chi connectivity index (χ3v) is 2.46. The van der Waals surface area contributed by atoms with Gasteiger partial charge in [0.1, 0.15) is 5.76 Å². The molecule has 0 unspecified atom stereocenters. The van der Waals surface area contributed by atoms with Gasteiger partial charge in [0.2, 0.25) is 0 Å². The van der Waals surface area contributed by atoms with Crippen LogP contribution < -0.4 is 5.73 Å². The normalized spacial score (nSPS) is 9.62.